The van der Waals surface area contributed by atoms with E-state index in [4.69, 9.17) is 11.6 Å². The van der Waals surface area contributed by atoms with Crippen molar-refractivity contribution in [1.82, 2.24) is 9.36 Å². The van der Waals surface area contributed by atoms with Crippen molar-refractivity contribution in [1.29, 1.82) is 0 Å². The molecule has 3 nitrogen and oxygen atoms in total. The summed E-state index contributed by atoms with van der Waals surface area (Å²) in [4.78, 5) is 4.48. The molecule has 0 bridgehead atoms. The molecule has 1 aliphatic rings. The Morgan fingerprint density at radius 2 is 2.19 bits per heavy atom. The normalized spacial score (nSPS) is 27.9. The molecule has 0 saturated heterocycles. The molecule has 0 radical (unpaired) electrons. The van der Waals surface area contributed by atoms with E-state index in [1.807, 2.05) is 0 Å². The maximum Gasteiger partial charge on any atom is 0.202 e. The summed E-state index contributed by atoms with van der Waals surface area (Å²) in [5.41, 5.74) is 0.144. The Labute approximate surface area is 106 Å². The highest BCUT2D eigenvalue weighted by Gasteiger charge is 2.47. The number of anilines is 1. The van der Waals surface area contributed by atoms with Gasteiger partial charge in [0.15, 0.2) is 0 Å². The lowest BCUT2D eigenvalue weighted by atomic mass is 9.67. The van der Waals surface area contributed by atoms with Gasteiger partial charge in [-0.15, -0.1) is 11.6 Å². The van der Waals surface area contributed by atoms with Crippen LogP contribution in [0, 0.1) is 5.41 Å². The predicted octanol–water partition coefficient (Wildman–Crippen LogP) is 3.48. The Bertz CT molecular complexity index is 375. The minimum Gasteiger partial charge on any atom is -0.357 e. The fourth-order valence-corrected chi connectivity index (χ4v) is 2.89. The number of nitrogens with zero attached hydrogens (tertiary/aromatic N) is 2. The third kappa shape index (κ3) is 2.05. The van der Waals surface area contributed by atoms with E-state index in [2.05, 4.69) is 42.4 Å². The summed E-state index contributed by atoms with van der Waals surface area (Å²) in [6.07, 6.45) is 1.01. The lowest BCUT2D eigenvalue weighted by Crippen LogP contribution is -2.54. The zero-order valence-corrected chi connectivity index (χ0v) is 11.7. The summed E-state index contributed by atoms with van der Waals surface area (Å²) < 4.78 is 4.33. The average Bonchev–Trinajstić information content (AvgIpc) is 2.66. The fourth-order valence-electron chi connectivity index (χ4n) is 1.79. The Hall–Kier alpha value is -0.350. The van der Waals surface area contributed by atoms with Crippen LogP contribution >= 0.6 is 23.1 Å². The topological polar surface area (TPSA) is 37.8 Å². The van der Waals surface area contributed by atoms with Crippen molar-refractivity contribution in [3.8, 4) is 0 Å². The molecule has 0 aromatic carbocycles. The number of hydrogen-bond acceptors (Lipinski definition) is 4. The average molecular weight is 260 g/mol. The monoisotopic (exact) mass is 259 g/mol. The molecule has 1 aromatic heterocycles. The summed E-state index contributed by atoms with van der Waals surface area (Å²) in [5.74, 6) is 1.31. The zero-order valence-electron chi connectivity index (χ0n) is 10.1. The number of nitrogens with one attached hydrogen (secondary N) is 1. The third-order valence-corrected chi connectivity index (χ3v) is 4.80. The molecule has 1 heterocycles. The van der Waals surface area contributed by atoms with Gasteiger partial charge >= 0.3 is 0 Å². The smallest absolute Gasteiger partial charge is 0.202 e. The summed E-state index contributed by atoms with van der Waals surface area (Å²) in [7, 11) is 0. The molecule has 0 aliphatic heterocycles. The molecule has 16 heavy (non-hydrogen) atoms. The van der Waals surface area contributed by atoms with Crippen molar-refractivity contribution in [2.45, 2.75) is 51.5 Å². The Morgan fingerprint density at radius 3 is 2.62 bits per heavy atom. The minimum atomic E-state index is 0.144. The van der Waals surface area contributed by atoms with Crippen LogP contribution in [0.1, 0.15) is 45.9 Å². The Kier molecular flexibility index (Phi) is 3.14. The predicted molar refractivity (Wildman–Crippen MR) is 69.4 cm³/mol. The van der Waals surface area contributed by atoms with E-state index < -0.39 is 0 Å². The molecule has 2 rings (SSSR count). The SMILES string of the molecule is CC(C)c1nsc(NC2CC(Cl)C2(C)C)n1. The Morgan fingerprint density at radius 1 is 1.50 bits per heavy atom. The van der Waals surface area contributed by atoms with E-state index >= 15 is 0 Å². The Balaban J connectivity index is 2.00. The molecule has 0 amide bonds. The van der Waals surface area contributed by atoms with Crippen molar-refractivity contribution in [3.63, 3.8) is 0 Å². The zero-order chi connectivity index (χ0) is 11.9. The summed E-state index contributed by atoms with van der Waals surface area (Å²) in [6.45, 7) is 8.59. The molecule has 1 N–H and O–H groups in total. The first kappa shape index (κ1) is 12.1. The number of aromatic nitrogens is 2. The van der Waals surface area contributed by atoms with Crippen LogP contribution in [0.15, 0.2) is 0 Å². The van der Waals surface area contributed by atoms with Crippen LogP contribution in [0.3, 0.4) is 0 Å². The molecule has 1 fully saturated rings. The van der Waals surface area contributed by atoms with Crippen molar-refractivity contribution in [3.05, 3.63) is 5.82 Å². The number of halogens is 1. The summed E-state index contributed by atoms with van der Waals surface area (Å²) in [6, 6.07) is 0.419. The molecular formula is C11H18ClN3S. The minimum absolute atomic E-state index is 0.144. The maximum absolute atomic E-state index is 6.18. The van der Waals surface area contributed by atoms with E-state index in [-0.39, 0.29) is 10.8 Å². The molecule has 90 valence electrons. The van der Waals surface area contributed by atoms with Gasteiger partial charge < -0.3 is 5.32 Å². The summed E-state index contributed by atoms with van der Waals surface area (Å²) in [5, 5.41) is 4.62. The van der Waals surface area contributed by atoms with Gasteiger partial charge in [0.05, 0.1) is 0 Å². The first-order chi connectivity index (χ1) is 7.41. The van der Waals surface area contributed by atoms with E-state index in [9.17, 15) is 0 Å². The van der Waals surface area contributed by atoms with Crippen LogP contribution in [-0.4, -0.2) is 20.8 Å². The van der Waals surface area contributed by atoms with Gasteiger partial charge in [-0.1, -0.05) is 27.7 Å². The van der Waals surface area contributed by atoms with E-state index in [0.717, 1.165) is 17.4 Å². The molecule has 2 atom stereocenters. The lowest BCUT2D eigenvalue weighted by Gasteiger charge is -2.49. The van der Waals surface area contributed by atoms with Crippen LogP contribution in [0.25, 0.3) is 0 Å². The van der Waals surface area contributed by atoms with E-state index in [0.29, 0.717) is 12.0 Å². The first-order valence-electron chi connectivity index (χ1n) is 5.65. The van der Waals surface area contributed by atoms with Gasteiger partial charge in [0.25, 0.3) is 0 Å². The first-order valence-corrected chi connectivity index (χ1v) is 6.86. The molecule has 1 saturated carbocycles. The molecule has 2 unspecified atom stereocenters. The van der Waals surface area contributed by atoms with Crippen molar-refractivity contribution < 1.29 is 0 Å². The van der Waals surface area contributed by atoms with Gasteiger partial charge in [-0.3, -0.25) is 0 Å². The lowest BCUT2D eigenvalue weighted by molar-refractivity contribution is 0.168. The second kappa shape index (κ2) is 4.15. The van der Waals surface area contributed by atoms with Gasteiger partial charge in [-0.05, 0) is 6.42 Å². The molecule has 1 aliphatic carbocycles. The van der Waals surface area contributed by atoms with Crippen molar-refractivity contribution in [2.24, 2.45) is 5.41 Å². The largest absolute Gasteiger partial charge is 0.357 e. The highest BCUT2D eigenvalue weighted by molar-refractivity contribution is 7.09. The van der Waals surface area contributed by atoms with Gasteiger partial charge in [0.1, 0.15) is 5.82 Å². The number of alkyl halides is 1. The summed E-state index contributed by atoms with van der Waals surface area (Å²) >= 11 is 7.63. The molecule has 1 aromatic rings. The van der Waals surface area contributed by atoms with Crippen LogP contribution in [-0.2, 0) is 0 Å². The van der Waals surface area contributed by atoms with Gasteiger partial charge in [-0.25, -0.2) is 4.98 Å². The van der Waals surface area contributed by atoms with E-state index in [1.165, 1.54) is 11.5 Å². The second-order valence-corrected chi connectivity index (χ2v) is 6.61. The highest BCUT2D eigenvalue weighted by Crippen LogP contribution is 2.45. The third-order valence-electron chi connectivity index (χ3n) is 3.40. The number of rotatable bonds is 3. The maximum atomic E-state index is 6.18. The quantitative estimate of drug-likeness (QED) is 0.845. The van der Waals surface area contributed by atoms with Crippen LogP contribution < -0.4 is 5.32 Å². The van der Waals surface area contributed by atoms with Gasteiger partial charge in [0.2, 0.25) is 5.13 Å². The number of hydrogen-bond donors (Lipinski definition) is 1. The van der Waals surface area contributed by atoms with Crippen molar-refractivity contribution in [2.75, 3.05) is 5.32 Å². The highest BCUT2D eigenvalue weighted by atomic mass is 35.5. The van der Waals surface area contributed by atoms with Crippen LogP contribution in [0.5, 0.6) is 0 Å². The van der Waals surface area contributed by atoms with Gasteiger partial charge in [-0.2, -0.15) is 4.37 Å². The standard InChI is InChI=1S/C11H18ClN3S/c1-6(2)9-14-10(16-15-9)13-8-5-7(12)11(8,3)4/h6-8H,5H2,1-4H3,(H,13,14,15). The molecule has 0 spiro atoms. The van der Waals surface area contributed by atoms with E-state index in [1.54, 1.807) is 0 Å². The van der Waals surface area contributed by atoms with Gasteiger partial charge in [0, 0.05) is 34.3 Å². The van der Waals surface area contributed by atoms with Crippen LogP contribution in [0.2, 0.25) is 0 Å². The van der Waals surface area contributed by atoms with Crippen molar-refractivity contribution >= 4 is 28.3 Å². The fraction of sp³-hybridized carbons (Fsp3) is 0.818. The molecular weight excluding hydrogens is 242 g/mol. The molecule has 5 heteroatoms. The second-order valence-electron chi connectivity index (χ2n) is 5.33. The van der Waals surface area contributed by atoms with Crippen LogP contribution in [0.4, 0.5) is 5.13 Å².